The number of hydrogen-bond donors (Lipinski definition) is 2. The number of aliphatic imine (C=N–C) groups is 1. The highest BCUT2D eigenvalue weighted by atomic mass is 127. The molecule has 140 valence electrons. The molecule has 1 fully saturated rings. The van der Waals surface area contributed by atoms with E-state index >= 15 is 0 Å². The maximum atomic E-state index is 12.2. The number of carbonyl (C=O) groups excluding carboxylic acids is 1. The molecule has 1 amide bonds. The topological polar surface area (TPSA) is 74.0 Å². The number of nitrogens with zero attached hydrogens (tertiary/aromatic N) is 3. The van der Waals surface area contributed by atoms with Crippen LogP contribution in [0.15, 0.2) is 29.3 Å². The van der Waals surface area contributed by atoms with Crippen LogP contribution in [0, 0.1) is 6.92 Å². The van der Waals surface area contributed by atoms with E-state index in [2.05, 4.69) is 15.2 Å². The number of guanidine groups is 1. The minimum absolute atomic E-state index is 0. The van der Waals surface area contributed by atoms with Crippen LogP contribution in [0.3, 0.4) is 0 Å². The van der Waals surface area contributed by atoms with E-state index in [0.29, 0.717) is 12.5 Å². The average molecular weight is 459 g/mol. The first-order valence-electron chi connectivity index (χ1n) is 8.56. The molecule has 6 nitrogen and oxygen atoms in total. The Morgan fingerprint density at radius 3 is 2.68 bits per heavy atom. The summed E-state index contributed by atoms with van der Waals surface area (Å²) >= 11 is 0. The molecule has 0 aromatic heterocycles. The van der Waals surface area contributed by atoms with Gasteiger partial charge in [-0.3, -0.25) is 14.7 Å². The Morgan fingerprint density at radius 2 is 2.04 bits per heavy atom. The van der Waals surface area contributed by atoms with Crippen LogP contribution in [0.2, 0.25) is 0 Å². The third-order valence-corrected chi connectivity index (χ3v) is 4.30. The number of anilines is 1. The fourth-order valence-corrected chi connectivity index (χ4v) is 2.97. The van der Waals surface area contributed by atoms with Gasteiger partial charge in [0, 0.05) is 32.9 Å². The van der Waals surface area contributed by atoms with Gasteiger partial charge < -0.3 is 16.0 Å². The van der Waals surface area contributed by atoms with Gasteiger partial charge in [-0.25, -0.2) is 0 Å². The first kappa shape index (κ1) is 21.7. The number of nitrogens with one attached hydrogen (secondary N) is 1. The van der Waals surface area contributed by atoms with E-state index in [1.807, 2.05) is 45.3 Å². The normalized spacial score (nSPS) is 17.9. The predicted octanol–water partition coefficient (Wildman–Crippen LogP) is 2.28. The summed E-state index contributed by atoms with van der Waals surface area (Å²) in [6.07, 6.45) is 2.94. The highest BCUT2D eigenvalue weighted by molar-refractivity contribution is 14.0. The van der Waals surface area contributed by atoms with E-state index < -0.39 is 0 Å². The Labute approximate surface area is 167 Å². The van der Waals surface area contributed by atoms with Gasteiger partial charge in [0.05, 0.1) is 6.04 Å². The smallest absolute Gasteiger partial charge is 0.239 e. The number of benzene rings is 1. The summed E-state index contributed by atoms with van der Waals surface area (Å²) in [5.74, 6) is 0.637. The number of carbonyl (C=O) groups is 1. The minimum atomic E-state index is 0. The second-order valence-electron chi connectivity index (χ2n) is 6.54. The largest absolute Gasteiger partial charge is 0.370 e. The number of hydrogen-bond acceptors (Lipinski definition) is 3. The van der Waals surface area contributed by atoms with Crippen molar-refractivity contribution < 1.29 is 4.79 Å². The Balaban J connectivity index is 0.00000312. The molecule has 1 heterocycles. The summed E-state index contributed by atoms with van der Waals surface area (Å²) in [5, 5.41) is 3.09. The monoisotopic (exact) mass is 459 g/mol. The van der Waals surface area contributed by atoms with Gasteiger partial charge in [-0.2, -0.15) is 0 Å². The summed E-state index contributed by atoms with van der Waals surface area (Å²) in [6, 6.07) is 8.07. The van der Waals surface area contributed by atoms with Gasteiger partial charge in [0.1, 0.15) is 0 Å². The minimum Gasteiger partial charge on any atom is -0.370 e. The summed E-state index contributed by atoms with van der Waals surface area (Å²) in [7, 11) is 3.64. The Bertz CT molecular complexity index is 573. The fourth-order valence-electron chi connectivity index (χ4n) is 2.97. The number of rotatable bonds is 6. The van der Waals surface area contributed by atoms with Gasteiger partial charge in [-0.15, -0.1) is 24.0 Å². The zero-order chi connectivity index (χ0) is 17.5. The van der Waals surface area contributed by atoms with Gasteiger partial charge in [0.25, 0.3) is 0 Å². The van der Waals surface area contributed by atoms with Crippen molar-refractivity contribution >= 4 is 41.5 Å². The number of halogens is 1. The van der Waals surface area contributed by atoms with Crippen LogP contribution < -0.4 is 11.1 Å². The molecule has 3 N–H and O–H groups in total. The van der Waals surface area contributed by atoms with Crippen molar-refractivity contribution in [3.63, 3.8) is 0 Å². The van der Waals surface area contributed by atoms with Crippen molar-refractivity contribution in [2.24, 2.45) is 10.7 Å². The molecule has 2 rings (SSSR count). The van der Waals surface area contributed by atoms with Crippen LogP contribution in [0.5, 0.6) is 0 Å². The lowest BCUT2D eigenvalue weighted by molar-refractivity contribution is -0.133. The molecule has 0 saturated carbocycles. The molecular formula is C18H30IN5O. The predicted molar refractivity (Wildman–Crippen MR) is 115 cm³/mol. The summed E-state index contributed by atoms with van der Waals surface area (Å²) in [6.45, 7) is 4.58. The zero-order valence-electron chi connectivity index (χ0n) is 15.4. The summed E-state index contributed by atoms with van der Waals surface area (Å²) in [5.41, 5.74) is 8.07. The second-order valence-corrected chi connectivity index (χ2v) is 6.54. The lowest BCUT2D eigenvalue weighted by Crippen LogP contribution is -2.43. The SMILES string of the molecule is Cc1ccc(NC(N)=NCCCN2CCCC2C(=O)N(C)C)cc1.I. The van der Waals surface area contributed by atoms with Crippen LogP contribution in [-0.4, -0.2) is 61.4 Å². The van der Waals surface area contributed by atoms with Crippen LogP contribution in [0.25, 0.3) is 0 Å². The number of likely N-dealkylation sites (N-methyl/N-ethyl adjacent to an activating group) is 1. The number of aryl methyl sites for hydroxylation is 1. The van der Waals surface area contributed by atoms with E-state index in [4.69, 9.17) is 5.73 Å². The maximum Gasteiger partial charge on any atom is 0.239 e. The standard InChI is InChI=1S/C18H29N5O.HI/c1-14-7-9-15(10-8-14)21-18(19)20-11-5-13-23-12-4-6-16(23)17(24)22(2)3;/h7-10,16H,4-6,11-13H2,1-3H3,(H3,19,20,21);1H. The van der Waals surface area contributed by atoms with Crippen LogP contribution in [0.1, 0.15) is 24.8 Å². The molecule has 1 saturated heterocycles. The molecule has 0 bridgehead atoms. The summed E-state index contributed by atoms with van der Waals surface area (Å²) in [4.78, 5) is 20.5. The number of nitrogens with two attached hydrogens (primary N) is 1. The molecule has 0 aliphatic carbocycles. The highest BCUT2D eigenvalue weighted by Crippen LogP contribution is 2.18. The lowest BCUT2D eigenvalue weighted by atomic mass is 10.2. The van der Waals surface area contributed by atoms with Crippen LogP contribution in [-0.2, 0) is 4.79 Å². The van der Waals surface area contributed by atoms with Crippen LogP contribution in [0.4, 0.5) is 5.69 Å². The van der Waals surface area contributed by atoms with Crippen molar-refractivity contribution in [3.8, 4) is 0 Å². The first-order chi connectivity index (χ1) is 11.5. The van der Waals surface area contributed by atoms with Gasteiger partial charge in [0.2, 0.25) is 5.91 Å². The van der Waals surface area contributed by atoms with Crippen molar-refractivity contribution in [2.45, 2.75) is 32.2 Å². The third kappa shape index (κ3) is 6.81. The molecule has 1 aromatic rings. The first-order valence-corrected chi connectivity index (χ1v) is 8.56. The van der Waals surface area contributed by atoms with E-state index in [1.54, 1.807) is 4.90 Å². The molecule has 7 heteroatoms. The van der Waals surface area contributed by atoms with E-state index in [-0.39, 0.29) is 35.9 Å². The molecule has 1 aliphatic rings. The molecule has 25 heavy (non-hydrogen) atoms. The third-order valence-electron chi connectivity index (χ3n) is 4.30. The Morgan fingerprint density at radius 1 is 1.36 bits per heavy atom. The van der Waals surface area contributed by atoms with Crippen molar-refractivity contribution in [3.05, 3.63) is 29.8 Å². The molecule has 0 spiro atoms. The van der Waals surface area contributed by atoms with Gasteiger partial charge >= 0.3 is 0 Å². The maximum absolute atomic E-state index is 12.2. The average Bonchev–Trinajstić information content (AvgIpc) is 3.01. The lowest BCUT2D eigenvalue weighted by Gasteiger charge is -2.25. The van der Waals surface area contributed by atoms with Crippen molar-refractivity contribution in [1.82, 2.24) is 9.80 Å². The van der Waals surface area contributed by atoms with E-state index in [9.17, 15) is 4.79 Å². The summed E-state index contributed by atoms with van der Waals surface area (Å²) < 4.78 is 0. The highest BCUT2D eigenvalue weighted by Gasteiger charge is 2.30. The van der Waals surface area contributed by atoms with Crippen LogP contribution >= 0.6 is 24.0 Å². The Hall–Kier alpha value is -1.35. The van der Waals surface area contributed by atoms with Crippen molar-refractivity contribution in [2.75, 3.05) is 39.0 Å². The molecule has 1 aromatic carbocycles. The van der Waals surface area contributed by atoms with Gasteiger partial charge in [0.15, 0.2) is 5.96 Å². The second kappa shape index (κ2) is 10.6. The van der Waals surface area contributed by atoms with E-state index in [0.717, 1.165) is 38.0 Å². The molecule has 1 aliphatic heterocycles. The Kier molecular flexibility index (Phi) is 9.20. The number of amides is 1. The van der Waals surface area contributed by atoms with Gasteiger partial charge in [-0.05, 0) is 44.9 Å². The fraction of sp³-hybridized carbons (Fsp3) is 0.556. The van der Waals surface area contributed by atoms with E-state index in [1.165, 1.54) is 5.56 Å². The zero-order valence-corrected chi connectivity index (χ0v) is 17.7. The molecule has 1 atom stereocenters. The van der Waals surface area contributed by atoms with Gasteiger partial charge in [-0.1, -0.05) is 17.7 Å². The molecular weight excluding hydrogens is 429 g/mol. The molecule has 1 unspecified atom stereocenters. The quantitative estimate of drug-likeness (QED) is 0.296. The molecule has 0 radical (unpaired) electrons. The van der Waals surface area contributed by atoms with Crippen molar-refractivity contribution in [1.29, 1.82) is 0 Å². The number of likely N-dealkylation sites (tertiary alicyclic amines) is 1.